The largest absolute Gasteiger partial charge is 0.467 e. The van der Waals surface area contributed by atoms with E-state index >= 15 is 0 Å². The highest BCUT2D eigenvalue weighted by atomic mass is 16.5. The number of nitrogens with one attached hydrogen (secondary N) is 1. The van der Waals surface area contributed by atoms with Gasteiger partial charge >= 0.3 is 5.97 Å². The van der Waals surface area contributed by atoms with Crippen LogP contribution in [0.2, 0.25) is 0 Å². The topological polar surface area (TPSA) is 68.3 Å². The number of rotatable bonds is 7. The number of methoxy groups -OCH3 is 1. The quantitative estimate of drug-likeness (QED) is 0.785. The Bertz CT molecular complexity index is 514. The average Bonchev–Trinajstić information content (AvgIpc) is 3.35. The van der Waals surface area contributed by atoms with Gasteiger partial charge in [0.15, 0.2) is 0 Å². The molecule has 5 heteroatoms. The molecule has 0 aliphatic heterocycles. The third kappa shape index (κ3) is 3.64. The highest BCUT2D eigenvalue weighted by molar-refractivity contribution is 5.88. The Morgan fingerprint density at radius 1 is 1.41 bits per heavy atom. The van der Waals surface area contributed by atoms with Crippen LogP contribution in [0, 0.1) is 11.8 Å². The van der Waals surface area contributed by atoms with Crippen LogP contribution in [0.25, 0.3) is 0 Å². The van der Waals surface area contributed by atoms with Gasteiger partial charge in [0.2, 0.25) is 5.91 Å². The highest BCUT2D eigenvalue weighted by Crippen LogP contribution is 2.47. The van der Waals surface area contributed by atoms with Gasteiger partial charge in [0.1, 0.15) is 6.04 Å². The number of pyridine rings is 1. The third-order valence-electron chi connectivity index (χ3n) is 4.51. The maximum absolute atomic E-state index is 12.4. The van der Waals surface area contributed by atoms with E-state index in [2.05, 4.69) is 10.3 Å². The average molecular weight is 304 g/mol. The lowest BCUT2D eigenvalue weighted by atomic mass is 9.94. The highest BCUT2D eigenvalue weighted by Gasteiger charge is 2.45. The molecule has 0 saturated heterocycles. The minimum absolute atomic E-state index is 0.0591. The number of hydrogen-bond donors (Lipinski definition) is 1. The molecule has 3 atom stereocenters. The second-order valence-electron chi connectivity index (χ2n) is 5.82. The van der Waals surface area contributed by atoms with Gasteiger partial charge in [0, 0.05) is 18.3 Å². The molecule has 0 aromatic carbocycles. The Hall–Kier alpha value is -1.91. The molecule has 120 valence electrons. The molecular formula is C17H24N2O3. The van der Waals surface area contributed by atoms with E-state index in [-0.39, 0.29) is 29.6 Å². The molecule has 0 unspecified atom stereocenters. The van der Waals surface area contributed by atoms with Crippen molar-refractivity contribution in [3.05, 3.63) is 30.1 Å². The maximum Gasteiger partial charge on any atom is 0.328 e. The van der Waals surface area contributed by atoms with Gasteiger partial charge in [-0.3, -0.25) is 9.78 Å². The molecule has 1 aliphatic rings. The van der Waals surface area contributed by atoms with Gasteiger partial charge in [-0.15, -0.1) is 0 Å². The molecule has 1 aliphatic carbocycles. The maximum atomic E-state index is 12.4. The number of esters is 1. The summed E-state index contributed by atoms with van der Waals surface area (Å²) in [6, 6.07) is 3.32. The smallest absolute Gasteiger partial charge is 0.328 e. The summed E-state index contributed by atoms with van der Waals surface area (Å²) < 4.78 is 4.85. The molecule has 22 heavy (non-hydrogen) atoms. The van der Waals surface area contributed by atoms with E-state index < -0.39 is 6.04 Å². The van der Waals surface area contributed by atoms with Crippen molar-refractivity contribution in [3.8, 4) is 0 Å². The molecule has 0 spiro atoms. The Morgan fingerprint density at radius 3 is 2.68 bits per heavy atom. The zero-order chi connectivity index (χ0) is 16.1. The molecule has 1 N–H and O–H groups in total. The normalized spacial score (nSPS) is 21.3. The van der Waals surface area contributed by atoms with Crippen LogP contribution in [-0.2, 0) is 14.3 Å². The monoisotopic (exact) mass is 304 g/mol. The number of aromatic nitrogens is 1. The number of carbonyl (C=O) groups is 2. The molecule has 2 rings (SSSR count). The molecular weight excluding hydrogens is 280 g/mol. The molecule has 5 nitrogen and oxygen atoms in total. The van der Waals surface area contributed by atoms with Gasteiger partial charge in [-0.25, -0.2) is 4.79 Å². The van der Waals surface area contributed by atoms with Crippen molar-refractivity contribution >= 4 is 11.9 Å². The van der Waals surface area contributed by atoms with Crippen LogP contribution < -0.4 is 5.32 Å². The summed E-state index contributed by atoms with van der Waals surface area (Å²) in [4.78, 5) is 28.5. The fourth-order valence-corrected chi connectivity index (χ4v) is 2.97. The van der Waals surface area contributed by atoms with Crippen molar-refractivity contribution in [2.45, 2.75) is 45.1 Å². The standard InChI is InChI=1S/C17H24N2O3/c1-4-11(5-2)15(17(21)22-3)19-16(20)14-9-13(14)12-7-6-8-18-10-12/h6-8,10-11,13-15H,4-5,9H2,1-3H3,(H,19,20)/t13-,14+,15+/m1/s1. The molecule has 1 saturated carbocycles. The van der Waals surface area contributed by atoms with Gasteiger partial charge in [0.25, 0.3) is 0 Å². The Kier molecular flexibility index (Phi) is 5.52. The van der Waals surface area contributed by atoms with E-state index in [0.29, 0.717) is 0 Å². The van der Waals surface area contributed by atoms with E-state index in [4.69, 9.17) is 4.74 Å². The van der Waals surface area contributed by atoms with Gasteiger partial charge in [-0.1, -0.05) is 32.8 Å². The summed E-state index contributed by atoms with van der Waals surface area (Å²) in [6.45, 7) is 4.04. The number of carbonyl (C=O) groups excluding carboxylic acids is 2. The lowest BCUT2D eigenvalue weighted by Crippen LogP contribution is -2.47. The van der Waals surface area contributed by atoms with Gasteiger partial charge in [-0.05, 0) is 29.9 Å². The van der Waals surface area contributed by atoms with Gasteiger partial charge < -0.3 is 10.1 Å². The first-order valence-electron chi connectivity index (χ1n) is 7.90. The summed E-state index contributed by atoms with van der Waals surface area (Å²) in [7, 11) is 1.36. The van der Waals surface area contributed by atoms with Crippen LogP contribution in [-0.4, -0.2) is 30.0 Å². The van der Waals surface area contributed by atoms with Crippen LogP contribution in [0.5, 0.6) is 0 Å². The fraction of sp³-hybridized carbons (Fsp3) is 0.588. The Labute approximate surface area is 131 Å². The lowest BCUT2D eigenvalue weighted by molar-refractivity contribution is -0.147. The first-order chi connectivity index (χ1) is 10.6. The van der Waals surface area contributed by atoms with Crippen LogP contribution in [0.4, 0.5) is 0 Å². The zero-order valence-corrected chi connectivity index (χ0v) is 13.4. The van der Waals surface area contributed by atoms with E-state index in [0.717, 1.165) is 24.8 Å². The summed E-state index contributed by atoms with van der Waals surface area (Å²) in [6.07, 6.45) is 5.99. The van der Waals surface area contributed by atoms with Crippen molar-refractivity contribution in [1.82, 2.24) is 10.3 Å². The minimum atomic E-state index is -0.553. The Morgan fingerprint density at radius 2 is 2.14 bits per heavy atom. The molecule has 0 bridgehead atoms. The summed E-state index contributed by atoms with van der Waals surface area (Å²) in [5.41, 5.74) is 1.08. The molecule has 1 amide bonds. The van der Waals surface area contributed by atoms with E-state index in [1.54, 1.807) is 12.4 Å². The molecule has 1 aromatic rings. The summed E-state index contributed by atoms with van der Waals surface area (Å²) in [5.74, 6) is -0.164. The predicted molar refractivity (Wildman–Crippen MR) is 83.1 cm³/mol. The first kappa shape index (κ1) is 16.5. The van der Waals surface area contributed by atoms with Crippen molar-refractivity contribution in [2.24, 2.45) is 11.8 Å². The first-order valence-corrected chi connectivity index (χ1v) is 7.90. The molecule has 0 radical (unpaired) electrons. The van der Waals surface area contributed by atoms with Crippen molar-refractivity contribution < 1.29 is 14.3 Å². The second kappa shape index (κ2) is 7.38. The molecule has 1 heterocycles. The van der Waals surface area contributed by atoms with E-state index in [1.165, 1.54) is 7.11 Å². The number of nitrogens with zero attached hydrogens (tertiary/aromatic N) is 1. The van der Waals surface area contributed by atoms with E-state index in [9.17, 15) is 9.59 Å². The summed E-state index contributed by atoms with van der Waals surface area (Å²) >= 11 is 0. The minimum Gasteiger partial charge on any atom is -0.467 e. The lowest BCUT2D eigenvalue weighted by Gasteiger charge is -2.24. The number of hydrogen-bond acceptors (Lipinski definition) is 4. The Balaban J connectivity index is 1.99. The van der Waals surface area contributed by atoms with Crippen LogP contribution in [0.15, 0.2) is 24.5 Å². The van der Waals surface area contributed by atoms with Crippen molar-refractivity contribution in [1.29, 1.82) is 0 Å². The van der Waals surface area contributed by atoms with Gasteiger partial charge in [-0.2, -0.15) is 0 Å². The molecule has 1 fully saturated rings. The van der Waals surface area contributed by atoms with Crippen molar-refractivity contribution in [3.63, 3.8) is 0 Å². The number of amides is 1. The predicted octanol–water partition coefficient (Wildman–Crippen LogP) is 2.28. The van der Waals surface area contributed by atoms with E-state index in [1.807, 2.05) is 26.0 Å². The van der Waals surface area contributed by atoms with Gasteiger partial charge in [0.05, 0.1) is 7.11 Å². The summed E-state index contributed by atoms with van der Waals surface area (Å²) in [5, 5.41) is 2.90. The van der Waals surface area contributed by atoms with Crippen molar-refractivity contribution in [2.75, 3.05) is 7.11 Å². The fourth-order valence-electron chi connectivity index (χ4n) is 2.97. The van der Waals surface area contributed by atoms with Crippen LogP contribution in [0.1, 0.15) is 44.6 Å². The zero-order valence-electron chi connectivity index (χ0n) is 13.4. The SMILES string of the molecule is CCC(CC)[C@H](NC(=O)[C@H]1C[C@@H]1c1cccnc1)C(=O)OC. The third-order valence-corrected chi connectivity index (χ3v) is 4.51. The molecule has 1 aromatic heterocycles. The second-order valence-corrected chi connectivity index (χ2v) is 5.82. The van der Waals surface area contributed by atoms with Crippen LogP contribution in [0.3, 0.4) is 0 Å². The van der Waals surface area contributed by atoms with Crippen LogP contribution >= 0.6 is 0 Å². The number of ether oxygens (including phenoxy) is 1.